The number of carbonyl (C=O) groups excluding carboxylic acids is 2. The van der Waals surface area contributed by atoms with Crippen molar-refractivity contribution in [2.24, 2.45) is 0 Å². The lowest BCUT2D eigenvalue weighted by Crippen LogP contribution is -2.52. The van der Waals surface area contributed by atoms with Crippen molar-refractivity contribution < 1.29 is 23.1 Å². The van der Waals surface area contributed by atoms with E-state index in [4.69, 9.17) is 16.3 Å². The van der Waals surface area contributed by atoms with Crippen LogP contribution in [-0.2, 0) is 19.7 Å². The van der Waals surface area contributed by atoms with E-state index < -0.39 is 17.3 Å². The molecule has 4 rings (SSSR count). The summed E-state index contributed by atoms with van der Waals surface area (Å²) >= 11 is 5.72. The van der Waals surface area contributed by atoms with Crippen molar-refractivity contribution in [1.29, 1.82) is 0 Å². The minimum absolute atomic E-state index is 0.0176. The third-order valence-corrected chi connectivity index (χ3v) is 6.21. The van der Waals surface area contributed by atoms with E-state index in [9.17, 15) is 18.4 Å². The second-order valence-corrected chi connectivity index (χ2v) is 8.01. The number of nitrogens with zero attached hydrogens (tertiary/aromatic N) is 1. The Balaban J connectivity index is 1.53. The molecule has 8 heteroatoms. The summed E-state index contributed by atoms with van der Waals surface area (Å²) in [4.78, 5) is 27.7. The number of nitrogens with one attached hydrogen (secondary N) is 1. The van der Waals surface area contributed by atoms with E-state index in [1.807, 2.05) is 0 Å². The fourth-order valence-electron chi connectivity index (χ4n) is 4.16. The smallest absolute Gasteiger partial charge is 0.249 e. The Hall–Kier alpha value is -2.51. The summed E-state index contributed by atoms with van der Waals surface area (Å²) in [5.41, 5.74) is 0.219. The van der Waals surface area contributed by atoms with Gasteiger partial charge in [-0.15, -0.1) is 0 Å². The quantitative estimate of drug-likeness (QED) is 0.800. The van der Waals surface area contributed by atoms with Gasteiger partial charge in [-0.25, -0.2) is 8.78 Å². The monoisotopic (exact) mass is 434 g/mol. The summed E-state index contributed by atoms with van der Waals surface area (Å²) in [6, 6.07) is 9.36. The zero-order valence-electron chi connectivity index (χ0n) is 16.2. The highest BCUT2D eigenvalue weighted by molar-refractivity contribution is 6.30. The first-order chi connectivity index (χ1) is 14.4. The second kappa shape index (κ2) is 8.32. The van der Waals surface area contributed by atoms with Crippen LogP contribution >= 0.6 is 11.6 Å². The molecule has 0 aromatic heterocycles. The van der Waals surface area contributed by atoms with Gasteiger partial charge in [-0.1, -0.05) is 23.7 Å². The lowest BCUT2D eigenvalue weighted by Gasteiger charge is -2.37. The topological polar surface area (TPSA) is 58.6 Å². The van der Waals surface area contributed by atoms with E-state index >= 15 is 0 Å². The minimum atomic E-state index is -0.883. The van der Waals surface area contributed by atoms with Crippen molar-refractivity contribution in [3.8, 4) is 0 Å². The van der Waals surface area contributed by atoms with Gasteiger partial charge in [0.25, 0.3) is 0 Å². The third-order valence-electron chi connectivity index (χ3n) is 5.90. The molecule has 0 radical (unpaired) electrons. The van der Waals surface area contributed by atoms with E-state index in [1.165, 1.54) is 29.2 Å². The zero-order valence-corrected chi connectivity index (χ0v) is 16.9. The lowest BCUT2D eigenvalue weighted by atomic mass is 9.73. The number of hydrogen-bond acceptors (Lipinski definition) is 3. The molecule has 30 heavy (non-hydrogen) atoms. The molecule has 2 aromatic rings. The van der Waals surface area contributed by atoms with Crippen molar-refractivity contribution in [2.75, 3.05) is 24.7 Å². The summed E-state index contributed by atoms with van der Waals surface area (Å²) < 4.78 is 32.6. The van der Waals surface area contributed by atoms with Crippen LogP contribution in [0.2, 0.25) is 5.02 Å². The van der Waals surface area contributed by atoms with Crippen LogP contribution < -0.4 is 10.2 Å². The van der Waals surface area contributed by atoms with Crippen LogP contribution in [0, 0.1) is 11.6 Å². The summed E-state index contributed by atoms with van der Waals surface area (Å²) in [5, 5.41) is 2.86. The Morgan fingerprint density at radius 1 is 1.13 bits per heavy atom. The van der Waals surface area contributed by atoms with Gasteiger partial charge in [0.1, 0.15) is 17.7 Å². The van der Waals surface area contributed by atoms with Crippen LogP contribution in [0.1, 0.15) is 24.8 Å². The molecule has 0 bridgehead atoms. The van der Waals surface area contributed by atoms with E-state index in [1.54, 1.807) is 18.2 Å². The maximum atomic E-state index is 13.8. The Labute approximate surface area is 178 Å². The van der Waals surface area contributed by atoms with E-state index in [-0.39, 0.29) is 22.7 Å². The molecule has 2 saturated heterocycles. The standard InChI is InChI=1S/C22H21ClF2N2O3/c23-17-6-5-16(13-18(17)25)27-10-7-19(20(27)28)26-21(29)22(8-11-30-12-9-22)14-1-3-15(24)4-2-14/h1-6,13,19H,7-12H2,(H,26,29). The van der Waals surface area contributed by atoms with Gasteiger partial charge in [0.05, 0.1) is 10.4 Å². The molecular weight excluding hydrogens is 414 g/mol. The molecule has 2 aromatic carbocycles. The molecular formula is C22H21ClF2N2O3. The van der Waals surface area contributed by atoms with Gasteiger partial charge in [0, 0.05) is 25.4 Å². The average Bonchev–Trinajstić information content (AvgIpc) is 3.11. The molecule has 0 saturated carbocycles. The Bertz CT molecular complexity index is 961. The largest absolute Gasteiger partial charge is 0.381 e. The molecule has 2 aliphatic rings. The van der Waals surface area contributed by atoms with Crippen LogP contribution in [0.5, 0.6) is 0 Å². The maximum absolute atomic E-state index is 13.8. The SMILES string of the molecule is O=C1C(NC(=O)C2(c3ccc(F)cc3)CCOCC2)CCN1c1ccc(Cl)c(F)c1. The van der Waals surface area contributed by atoms with Crippen LogP contribution in [0.15, 0.2) is 42.5 Å². The number of amides is 2. The molecule has 1 unspecified atom stereocenters. The number of rotatable bonds is 4. The molecule has 2 fully saturated rings. The first-order valence-corrected chi connectivity index (χ1v) is 10.2. The zero-order chi connectivity index (χ0) is 21.3. The highest BCUT2D eigenvalue weighted by atomic mass is 35.5. The van der Waals surface area contributed by atoms with Crippen LogP contribution in [0.3, 0.4) is 0 Å². The molecule has 2 amide bonds. The van der Waals surface area contributed by atoms with E-state index in [0.29, 0.717) is 50.3 Å². The molecule has 2 aliphatic heterocycles. The first-order valence-electron chi connectivity index (χ1n) is 9.82. The van der Waals surface area contributed by atoms with Gasteiger partial charge in [-0.3, -0.25) is 9.59 Å². The van der Waals surface area contributed by atoms with Gasteiger partial charge in [-0.05, 0) is 55.2 Å². The summed E-state index contributed by atoms with van der Waals surface area (Å²) in [6.07, 6.45) is 1.29. The number of hydrogen-bond donors (Lipinski definition) is 1. The van der Waals surface area contributed by atoms with Crippen molar-refractivity contribution in [1.82, 2.24) is 5.32 Å². The molecule has 5 nitrogen and oxygen atoms in total. The Morgan fingerprint density at radius 3 is 2.50 bits per heavy atom. The Kier molecular flexibility index (Phi) is 5.75. The number of carbonyl (C=O) groups is 2. The van der Waals surface area contributed by atoms with E-state index in [0.717, 1.165) is 0 Å². The molecule has 1 atom stereocenters. The van der Waals surface area contributed by atoms with Crippen molar-refractivity contribution in [3.05, 3.63) is 64.7 Å². The normalized spacial score (nSPS) is 21.0. The van der Waals surface area contributed by atoms with Gasteiger partial charge in [0.15, 0.2) is 0 Å². The van der Waals surface area contributed by atoms with Crippen LogP contribution in [0.25, 0.3) is 0 Å². The number of halogens is 3. The second-order valence-electron chi connectivity index (χ2n) is 7.60. The molecule has 0 spiro atoms. The molecule has 0 aliphatic carbocycles. The highest BCUT2D eigenvalue weighted by Gasteiger charge is 2.44. The Morgan fingerprint density at radius 2 is 1.83 bits per heavy atom. The summed E-state index contributed by atoms with van der Waals surface area (Å²) in [7, 11) is 0. The van der Waals surface area contributed by atoms with Gasteiger partial charge >= 0.3 is 0 Å². The fourth-order valence-corrected chi connectivity index (χ4v) is 4.27. The van der Waals surface area contributed by atoms with Gasteiger partial charge in [0.2, 0.25) is 11.8 Å². The predicted octanol–water partition coefficient (Wildman–Crippen LogP) is 3.59. The minimum Gasteiger partial charge on any atom is -0.381 e. The summed E-state index contributed by atoms with van der Waals surface area (Å²) in [5.74, 6) is -1.56. The maximum Gasteiger partial charge on any atom is 0.249 e. The number of ether oxygens (including phenoxy) is 1. The lowest BCUT2D eigenvalue weighted by molar-refractivity contribution is -0.133. The fraction of sp³-hybridized carbons (Fsp3) is 0.364. The first kappa shape index (κ1) is 20.8. The van der Waals surface area contributed by atoms with Crippen molar-refractivity contribution in [3.63, 3.8) is 0 Å². The van der Waals surface area contributed by atoms with Crippen molar-refractivity contribution in [2.45, 2.75) is 30.7 Å². The third kappa shape index (κ3) is 3.79. The molecule has 158 valence electrons. The van der Waals surface area contributed by atoms with E-state index in [2.05, 4.69) is 5.32 Å². The number of benzene rings is 2. The number of anilines is 1. The van der Waals surface area contributed by atoms with Gasteiger partial charge in [-0.2, -0.15) is 0 Å². The van der Waals surface area contributed by atoms with Crippen LogP contribution in [-0.4, -0.2) is 37.6 Å². The predicted molar refractivity (Wildman–Crippen MR) is 108 cm³/mol. The highest BCUT2D eigenvalue weighted by Crippen LogP contribution is 2.36. The van der Waals surface area contributed by atoms with Crippen molar-refractivity contribution >= 4 is 29.1 Å². The van der Waals surface area contributed by atoms with Gasteiger partial charge < -0.3 is 15.0 Å². The van der Waals surface area contributed by atoms with Crippen LogP contribution in [0.4, 0.5) is 14.5 Å². The average molecular weight is 435 g/mol. The molecule has 2 heterocycles. The molecule has 1 N–H and O–H groups in total. The summed E-state index contributed by atoms with van der Waals surface area (Å²) in [6.45, 7) is 1.16.